The summed E-state index contributed by atoms with van der Waals surface area (Å²) in [5, 5.41) is 11.3. The smallest absolute Gasteiger partial charge is 0.232 e. The van der Waals surface area contributed by atoms with Gasteiger partial charge in [-0.2, -0.15) is 0 Å². The minimum absolute atomic E-state index is 0.0424. The van der Waals surface area contributed by atoms with E-state index in [1.807, 2.05) is 48.5 Å². The molecule has 2 aromatic carbocycles. The number of anilines is 1. The Morgan fingerprint density at radius 3 is 2.50 bits per heavy atom. The summed E-state index contributed by atoms with van der Waals surface area (Å²) in [5.74, 6) is 0. The van der Waals surface area contributed by atoms with Crippen LogP contribution in [0.3, 0.4) is 0 Å². The van der Waals surface area contributed by atoms with Crippen LogP contribution >= 0.6 is 11.6 Å². The van der Waals surface area contributed by atoms with Gasteiger partial charge in [0, 0.05) is 29.7 Å². The zero-order valence-electron chi connectivity index (χ0n) is 16.0. The topological polar surface area (TPSA) is 60.9 Å². The van der Waals surface area contributed by atoms with Crippen molar-refractivity contribution in [2.75, 3.05) is 30.2 Å². The third kappa shape index (κ3) is 5.26. The molecule has 7 heteroatoms. The van der Waals surface area contributed by atoms with E-state index in [1.165, 1.54) is 10.6 Å². The van der Waals surface area contributed by atoms with Crippen molar-refractivity contribution in [3.63, 3.8) is 0 Å². The average molecular weight is 423 g/mol. The minimum Gasteiger partial charge on any atom is -0.387 e. The lowest BCUT2D eigenvalue weighted by Gasteiger charge is -2.39. The first-order valence-electron chi connectivity index (χ1n) is 9.55. The molecule has 0 spiro atoms. The first-order chi connectivity index (χ1) is 13.4. The molecule has 2 atom stereocenters. The molecule has 0 aromatic heterocycles. The molecule has 1 fully saturated rings. The summed E-state index contributed by atoms with van der Waals surface area (Å²) in [6, 6.07) is 16.5. The SMILES string of the molecule is CS(=O)(=O)N(CC1CCCCN1CC(O)c1ccccc1Cl)c1ccccc1. The lowest BCUT2D eigenvalue weighted by Crippen LogP contribution is -2.49. The van der Waals surface area contributed by atoms with Crippen molar-refractivity contribution in [3.05, 3.63) is 65.2 Å². The number of likely N-dealkylation sites (tertiary alicyclic amines) is 1. The quantitative estimate of drug-likeness (QED) is 0.739. The van der Waals surface area contributed by atoms with Crippen molar-refractivity contribution in [2.45, 2.75) is 31.4 Å². The predicted molar refractivity (Wildman–Crippen MR) is 114 cm³/mol. The standard InChI is InChI=1S/C21H27ClN2O3S/c1-28(26,27)24(17-9-3-2-4-10-17)15-18-11-7-8-14-23(18)16-21(25)19-12-5-6-13-20(19)22/h2-6,9-10,12-13,18,21,25H,7-8,11,14-16H2,1H3. The Kier molecular flexibility index (Phi) is 6.99. The molecular formula is C21H27ClN2O3S. The number of hydrogen-bond donors (Lipinski definition) is 1. The van der Waals surface area contributed by atoms with Crippen molar-refractivity contribution in [3.8, 4) is 0 Å². The molecule has 2 aromatic rings. The van der Waals surface area contributed by atoms with Crippen LogP contribution in [-0.4, -0.2) is 50.4 Å². The first kappa shape index (κ1) is 21.1. The second-order valence-corrected chi connectivity index (χ2v) is 9.63. The summed E-state index contributed by atoms with van der Waals surface area (Å²) < 4.78 is 26.4. The first-order valence-corrected chi connectivity index (χ1v) is 11.8. The van der Waals surface area contributed by atoms with Crippen molar-refractivity contribution in [2.24, 2.45) is 0 Å². The molecule has 1 saturated heterocycles. The van der Waals surface area contributed by atoms with Gasteiger partial charge >= 0.3 is 0 Å². The van der Waals surface area contributed by atoms with E-state index in [9.17, 15) is 13.5 Å². The van der Waals surface area contributed by atoms with E-state index in [2.05, 4.69) is 4.90 Å². The maximum absolute atomic E-state index is 12.4. The van der Waals surface area contributed by atoms with Gasteiger partial charge in [-0.15, -0.1) is 0 Å². The predicted octanol–water partition coefficient (Wildman–Crippen LogP) is 3.69. The number of β-amino-alcohol motifs (C(OH)–C–C–N with tert-alkyl or cyclic N) is 1. The van der Waals surface area contributed by atoms with Crippen LogP contribution in [0, 0.1) is 0 Å². The molecule has 5 nitrogen and oxygen atoms in total. The van der Waals surface area contributed by atoms with Crippen molar-refractivity contribution in [1.82, 2.24) is 4.90 Å². The summed E-state index contributed by atoms with van der Waals surface area (Å²) in [6.07, 6.45) is 3.52. The fraction of sp³-hybridized carbons (Fsp3) is 0.429. The summed E-state index contributed by atoms with van der Waals surface area (Å²) in [4.78, 5) is 2.19. The second kappa shape index (κ2) is 9.27. The van der Waals surface area contributed by atoms with Crippen molar-refractivity contribution < 1.29 is 13.5 Å². The number of hydrogen-bond acceptors (Lipinski definition) is 4. The maximum atomic E-state index is 12.4. The normalized spacial score (nSPS) is 19.3. The monoisotopic (exact) mass is 422 g/mol. The third-order valence-corrected chi connectivity index (χ3v) is 6.75. The Morgan fingerprint density at radius 1 is 1.14 bits per heavy atom. The van der Waals surface area contributed by atoms with Crippen LogP contribution in [0.15, 0.2) is 54.6 Å². The second-order valence-electron chi connectivity index (χ2n) is 7.31. The zero-order valence-corrected chi connectivity index (χ0v) is 17.6. The van der Waals surface area contributed by atoms with Crippen molar-refractivity contribution >= 4 is 27.3 Å². The fourth-order valence-corrected chi connectivity index (χ4v) is 5.00. The van der Waals surface area contributed by atoms with Crippen LogP contribution in [0.25, 0.3) is 0 Å². The van der Waals surface area contributed by atoms with Gasteiger partial charge in [-0.05, 0) is 37.6 Å². The Morgan fingerprint density at radius 2 is 1.82 bits per heavy atom. The van der Waals surface area contributed by atoms with Crippen LogP contribution < -0.4 is 4.31 Å². The lowest BCUT2D eigenvalue weighted by atomic mass is 10.00. The van der Waals surface area contributed by atoms with Crippen LogP contribution in [-0.2, 0) is 10.0 Å². The van der Waals surface area contributed by atoms with E-state index < -0.39 is 16.1 Å². The fourth-order valence-electron chi connectivity index (χ4n) is 3.79. The molecule has 0 amide bonds. The van der Waals surface area contributed by atoms with Crippen LogP contribution in [0.1, 0.15) is 30.9 Å². The number of halogens is 1. The highest BCUT2D eigenvalue weighted by molar-refractivity contribution is 7.92. The van der Waals surface area contributed by atoms with Gasteiger partial charge in [-0.25, -0.2) is 8.42 Å². The molecule has 1 aliphatic heterocycles. The number of rotatable bonds is 7. The molecule has 3 rings (SSSR count). The van der Waals surface area contributed by atoms with Gasteiger partial charge in [0.15, 0.2) is 0 Å². The van der Waals surface area contributed by atoms with E-state index in [0.29, 0.717) is 29.4 Å². The number of piperidine rings is 1. The van der Waals surface area contributed by atoms with Gasteiger partial charge in [-0.1, -0.05) is 54.4 Å². The Balaban J connectivity index is 1.78. The van der Waals surface area contributed by atoms with Gasteiger partial charge in [-0.3, -0.25) is 9.21 Å². The highest BCUT2D eigenvalue weighted by atomic mass is 35.5. The number of aliphatic hydroxyl groups is 1. The summed E-state index contributed by atoms with van der Waals surface area (Å²) >= 11 is 6.23. The Labute approximate surface area is 172 Å². The van der Waals surface area contributed by atoms with Gasteiger partial charge in [0.1, 0.15) is 0 Å². The molecule has 1 aliphatic rings. The molecule has 1 heterocycles. The van der Waals surface area contributed by atoms with E-state index in [0.717, 1.165) is 25.8 Å². The molecule has 0 radical (unpaired) electrons. The molecule has 2 unspecified atom stereocenters. The Hall–Kier alpha value is -1.60. The van der Waals surface area contributed by atoms with Gasteiger partial charge < -0.3 is 5.11 Å². The largest absolute Gasteiger partial charge is 0.387 e. The molecule has 0 bridgehead atoms. The van der Waals surface area contributed by atoms with E-state index >= 15 is 0 Å². The summed E-state index contributed by atoms with van der Waals surface area (Å²) in [7, 11) is -3.41. The summed E-state index contributed by atoms with van der Waals surface area (Å²) in [6.45, 7) is 1.64. The molecule has 152 valence electrons. The zero-order chi connectivity index (χ0) is 20.1. The van der Waals surface area contributed by atoms with Crippen LogP contribution in [0.2, 0.25) is 5.02 Å². The number of sulfonamides is 1. The highest BCUT2D eigenvalue weighted by Gasteiger charge is 2.30. The third-order valence-electron chi connectivity index (χ3n) is 5.24. The number of nitrogens with zero attached hydrogens (tertiary/aromatic N) is 2. The lowest BCUT2D eigenvalue weighted by molar-refractivity contribution is 0.0703. The summed E-state index contributed by atoms with van der Waals surface area (Å²) in [5.41, 5.74) is 1.37. The van der Waals surface area contributed by atoms with Crippen LogP contribution in [0.4, 0.5) is 5.69 Å². The highest BCUT2D eigenvalue weighted by Crippen LogP contribution is 2.28. The molecule has 0 aliphatic carbocycles. The molecule has 1 N–H and O–H groups in total. The number of para-hydroxylation sites is 1. The van der Waals surface area contributed by atoms with Gasteiger partial charge in [0.2, 0.25) is 10.0 Å². The Bertz CT molecular complexity index is 876. The van der Waals surface area contributed by atoms with Gasteiger partial charge in [0.05, 0.1) is 18.0 Å². The van der Waals surface area contributed by atoms with E-state index in [4.69, 9.17) is 11.6 Å². The van der Waals surface area contributed by atoms with E-state index in [1.54, 1.807) is 6.07 Å². The number of benzene rings is 2. The van der Waals surface area contributed by atoms with E-state index in [-0.39, 0.29) is 6.04 Å². The molecule has 0 saturated carbocycles. The average Bonchev–Trinajstić information content (AvgIpc) is 2.67. The molecular weight excluding hydrogens is 396 g/mol. The number of aliphatic hydroxyl groups excluding tert-OH is 1. The molecule has 28 heavy (non-hydrogen) atoms. The van der Waals surface area contributed by atoms with Gasteiger partial charge in [0.25, 0.3) is 0 Å². The van der Waals surface area contributed by atoms with Crippen molar-refractivity contribution in [1.29, 1.82) is 0 Å². The minimum atomic E-state index is -3.41. The van der Waals surface area contributed by atoms with Crippen LogP contribution in [0.5, 0.6) is 0 Å². The maximum Gasteiger partial charge on any atom is 0.232 e.